The number of nitrogens with zero attached hydrogens (tertiary/aromatic N) is 1. The first-order valence-corrected chi connectivity index (χ1v) is 8.02. The SMILES string of the molecule is CCC(C(=O)OC)N(C(=O)CCl)c1c(C)ccc2ccccc12. The van der Waals surface area contributed by atoms with E-state index in [-0.39, 0.29) is 11.8 Å². The van der Waals surface area contributed by atoms with Crippen molar-refractivity contribution in [2.24, 2.45) is 0 Å². The number of alkyl halides is 1. The summed E-state index contributed by atoms with van der Waals surface area (Å²) in [6, 6.07) is 11.0. The first kappa shape index (κ1) is 17.3. The van der Waals surface area contributed by atoms with Crippen LogP contribution in [0.4, 0.5) is 5.69 Å². The normalized spacial score (nSPS) is 12.0. The predicted molar refractivity (Wildman–Crippen MR) is 93.0 cm³/mol. The van der Waals surface area contributed by atoms with Crippen LogP contribution in [0, 0.1) is 6.92 Å². The van der Waals surface area contributed by atoms with Gasteiger partial charge in [0.1, 0.15) is 11.9 Å². The van der Waals surface area contributed by atoms with Crippen LogP contribution in [-0.4, -0.2) is 30.9 Å². The number of anilines is 1. The highest BCUT2D eigenvalue weighted by atomic mass is 35.5. The van der Waals surface area contributed by atoms with Crippen LogP contribution in [0.2, 0.25) is 0 Å². The van der Waals surface area contributed by atoms with Gasteiger partial charge in [0.25, 0.3) is 0 Å². The Morgan fingerprint density at radius 2 is 1.91 bits per heavy atom. The summed E-state index contributed by atoms with van der Waals surface area (Å²) in [5.41, 5.74) is 1.62. The number of aryl methyl sites for hydroxylation is 1. The minimum Gasteiger partial charge on any atom is -0.467 e. The fourth-order valence-electron chi connectivity index (χ4n) is 2.79. The Balaban J connectivity index is 2.71. The number of carbonyl (C=O) groups is 2. The summed E-state index contributed by atoms with van der Waals surface area (Å²) >= 11 is 5.81. The van der Waals surface area contributed by atoms with E-state index in [2.05, 4.69) is 0 Å². The maximum atomic E-state index is 12.5. The molecular weight excluding hydrogens is 314 g/mol. The van der Waals surface area contributed by atoms with Gasteiger partial charge in [-0.3, -0.25) is 9.69 Å². The topological polar surface area (TPSA) is 46.6 Å². The number of fused-ring (bicyclic) bond motifs is 1. The lowest BCUT2D eigenvalue weighted by Crippen LogP contribution is -2.46. The van der Waals surface area contributed by atoms with E-state index in [1.54, 1.807) is 0 Å². The highest BCUT2D eigenvalue weighted by molar-refractivity contribution is 6.30. The lowest BCUT2D eigenvalue weighted by molar-refractivity contribution is -0.143. The molecule has 2 aromatic carbocycles. The fourth-order valence-corrected chi connectivity index (χ4v) is 2.92. The van der Waals surface area contributed by atoms with Crippen molar-refractivity contribution in [2.75, 3.05) is 17.9 Å². The van der Waals surface area contributed by atoms with E-state index in [0.29, 0.717) is 12.1 Å². The number of rotatable bonds is 5. The summed E-state index contributed by atoms with van der Waals surface area (Å²) in [6.07, 6.45) is 0.442. The number of halogens is 1. The molecule has 1 amide bonds. The molecule has 0 aliphatic rings. The Bertz CT molecular complexity index is 729. The van der Waals surface area contributed by atoms with Crippen LogP contribution in [-0.2, 0) is 14.3 Å². The molecule has 0 radical (unpaired) electrons. The third-order valence-electron chi connectivity index (χ3n) is 3.90. The minimum atomic E-state index is -0.698. The summed E-state index contributed by atoms with van der Waals surface area (Å²) in [4.78, 5) is 26.2. The van der Waals surface area contributed by atoms with Crippen molar-refractivity contribution in [3.8, 4) is 0 Å². The lowest BCUT2D eigenvalue weighted by atomic mass is 10.0. The quantitative estimate of drug-likeness (QED) is 0.619. The number of benzene rings is 2. The first-order valence-electron chi connectivity index (χ1n) is 7.49. The van der Waals surface area contributed by atoms with E-state index in [1.165, 1.54) is 12.0 Å². The molecule has 122 valence electrons. The Hall–Kier alpha value is -2.07. The van der Waals surface area contributed by atoms with Crippen LogP contribution in [0.25, 0.3) is 10.8 Å². The van der Waals surface area contributed by atoms with Gasteiger partial charge < -0.3 is 4.74 Å². The number of ether oxygens (including phenoxy) is 1. The standard InChI is InChI=1S/C18H20ClNO3/c1-4-15(18(22)23-3)20(16(21)11-19)17-12(2)9-10-13-7-5-6-8-14(13)17/h5-10,15H,4,11H2,1-3H3. The third-order valence-corrected chi connectivity index (χ3v) is 4.13. The monoisotopic (exact) mass is 333 g/mol. The summed E-state index contributed by atoms with van der Waals surface area (Å²) in [5.74, 6) is -0.961. The molecule has 1 unspecified atom stereocenters. The molecule has 0 aliphatic heterocycles. The zero-order chi connectivity index (χ0) is 17.0. The molecule has 0 N–H and O–H groups in total. The van der Waals surface area contributed by atoms with Crippen molar-refractivity contribution in [3.63, 3.8) is 0 Å². The van der Waals surface area contributed by atoms with E-state index in [9.17, 15) is 9.59 Å². The van der Waals surface area contributed by atoms with Crippen LogP contribution >= 0.6 is 11.6 Å². The Kier molecular flexibility index (Phi) is 5.61. The molecule has 0 aromatic heterocycles. The maximum absolute atomic E-state index is 12.5. The smallest absolute Gasteiger partial charge is 0.328 e. The summed E-state index contributed by atoms with van der Waals surface area (Å²) in [6.45, 7) is 3.76. The van der Waals surface area contributed by atoms with Crippen LogP contribution < -0.4 is 4.90 Å². The van der Waals surface area contributed by atoms with Crippen molar-refractivity contribution in [1.82, 2.24) is 0 Å². The number of carbonyl (C=O) groups excluding carboxylic acids is 2. The summed E-state index contributed by atoms with van der Waals surface area (Å²) in [7, 11) is 1.32. The molecule has 0 fully saturated rings. The minimum absolute atomic E-state index is 0.198. The third kappa shape index (κ3) is 3.32. The molecule has 5 heteroatoms. The van der Waals surface area contributed by atoms with E-state index < -0.39 is 12.0 Å². The maximum Gasteiger partial charge on any atom is 0.328 e. The van der Waals surface area contributed by atoms with Gasteiger partial charge in [0.2, 0.25) is 5.91 Å². The van der Waals surface area contributed by atoms with Gasteiger partial charge in [-0.05, 0) is 24.3 Å². The molecule has 23 heavy (non-hydrogen) atoms. The zero-order valence-corrected chi connectivity index (χ0v) is 14.3. The van der Waals surface area contributed by atoms with E-state index >= 15 is 0 Å². The van der Waals surface area contributed by atoms with Crippen molar-refractivity contribution in [3.05, 3.63) is 42.0 Å². The molecule has 1 atom stereocenters. The van der Waals surface area contributed by atoms with Crippen molar-refractivity contribution >= 4 is 39.9 Å². The van der Waals surface area contributed by atoms with Gasteiger partial charge in [0.05, 0.1) is 12.8 Å². The van der Waals surface area contributed by atoms with Crippen molar-refractivity contribution < 1.29 is 14.3 Å². The number of esters is 1. The Morgan fingerprint density at radius 3 is 2.52 bits per heavy atom. The molecule has 2 aromatic rings. The molecule has 0 bridgehead atoms. The lowest BCUT2D eigenvalue weighted by Gasteiger charge is -2.31. The van der Waals surface area contributed by atoms with Gasteiger partial charge in [-0.2, -0.15) is 0 Å². The second-order valence-electron chi connectivity index (χ2n) is 5.30. The van der Waals surface area contributed by atoms with Crippen LogP contribution in [0.1, 0.15) is 18.9 Å². The van der Waals surface area contributed by atoms with Crippen LogP contribution in [0.3, 0.4) is 0 Å². The van der Waals surface area contributed by atoms with Gasteiger partial charge in [0.15, 0.2) is 0 Å². The molecule has 0 spiro atoms. The second-order valence-corrected chi connectivity index (χ2v) is 5.56. The average molecular weight is 334 g/mol. The predicted octanol–water partition coefficient (Wildman–Crippen LogP) is 3.67. The Morgan fingerprint density at radius 1 is 1.22 bits per heavy atom. The first-order chi connectivity index (χ1) is 11.0. The van der Waals surface area contributed by atoms with Crippen molar-refractivity contribution in [2.45, 2.75) is 26.3 Å². The van der Waals surface area contributed by atoms with Crippen LogP contribution in [0.5, 0.6) is 0 Å². The van der Waals surface area contributed by atoms with E-state index in [4.69, 9.17) is 16.3 Å². The fraction of sp³-hybridized carbons (Fsp3) is 0.333. The van der Waals surface area contributed by atoms with Gasteiger partial charge in [-0.1, -0.05) is 43.3 Å². The Labute approximate surface area is 141 Å². The van der Waals surface area contributed by atoms with Gasteiger partial charge >= 0.3 is 5.97 Å². The largest absolute Gasteiger partial charge is 0.467 e. The zero-order valence-electron chi connectivity index (χ0n) is 13.5. The molecule has 0 saturated heterocycles. The van der Waals surface area contributed by atoms with Crippen LogP contribution in [0.15, 0.2) is 36.4 Å². The second kappa shape index (κ2) is 7.47. The number of hydrogen-bond acceptors (Lipinski definition) is 3. The number of amides is 1. The summed E-state index contributed by atoms with van der Waals surface area (Å²) in [5, 5.41) is 1.91. The molecule has 4 nitrogen and oxygen atoms in total. The number of hydrogen-bond donors (Lipinski definition) is 0. The van der Waals surface area contributed by atoms with Gasteiger partial charge in [0, 0.05) is 5.39 Å². The molecular formula is C18H20ClNO3. The molecule has 0 heterocycles. The van der Waals surface area contributed by atoms with Gasteiger partial charge in [-0.25, -0.2) is 4.79 Å². The molecule has 0 saturated carbocycles. The van der Waals surface area contributed by atoms with Gasteiger partial charge in [-0.15, -0.1) is 11.6 Å². The van der Waals surface area contributed by atoms with Crippen molar-refractivity contribution in [1.29, 1.82) is 0 Å². The van der Waals surface area contributed by atoms with E-state index in [0.717, 1.165) is 16.3 Å². The number of methoxy groups -OCH3 is 1. The molecule has 0 aliphatic carbocycles. The highest BCUT2D eigenvalue weighted by Crippen LogP contribution is 2.33. The van der Waals surface area contributed by atoms with E-state index in [1.807, 2.05) is 50.2 Å². The average Bonchev–Trinajstić information content (AvgIpc) is 2.59. The molecule has 2 rings (SSSR count). The summed E-state index contributed by atoms with van der Waals surface area (Å²) < 4.78 is 4.88. The highest BCUT2D eigenvalue weighted by Gasteiger charge is 2.32.